The summed E-state index contributed by atoms with van der Waals surface area (Å²) in [5.74, 6) is -0.186. The van der Waals surface area contributed by atoms with E-state index in [4.69, 9.17) is 0 Å². The Morgan fingerprint density at radius 2 is 1.94 bits per heavy atom. The molecular formula is C23H26N6O3. The molecule has 9 nitrogen and oxygen atoms in total. The summed E-state index contributed by atoms with van der Waals surface area (Å²) in [5.41, 5.74) is 3.22. The lowest BCUT2D eigenvalue weighted by Gasteiger charge is -2.39. The summed E-state index contributed by atoms with van der Waals surface area (Å²) in [6, 6.07) is 5.83. The van der Waals surface area contributed by atoms with Gasteiger partial charge in [0.15, 0.2) is 0 Å². The first-order chi connectivity index (χ1) is 15.6. The quantitative estimate of drug-likeness (QED) is 0.584. The van der Waals surface area contributed by atoms with Crippen molar-refractivity contribution in [2.24, 2.45) is 0 Å². The zero-order valence-electron chi connectivity index (χ0n) is 17.8. The number of benzene rings is 1. The minimum atomic E-state index is -0.205. The summed E-state index contributed by atoms with van der Waals surface area (Å²) in [7, 11) is 0. The summed E-state index contributed by atoms with van der Waals surface area (Å²) in [4.78, 5) is 50.8. The number of amides is 2. The van der Waals surface area contributed by atoms with Crippen molar-refractivity contribution in [3.05, 3.63) is 52.0 Å². The molecule has 2 aromatic heterocycles. The zero-order valence-corrected chi connectivity index (χ0v) is 17.8. The highest BCUT2D eigenvalue weighted by atomic mass is 16.2. The van der Waals surface area contributed by atoms with Crippen LogP contribution in [0.3, 0.4) is 0 Å². The van der Waals surface area contributed by atoms with Crippen molar-refractivity contribution in [1.82, 2.24) is 29.7 Å². The van der Waals surface area contributed by atoms with Crippen LogP contribution in [0.15, 0.2) is 29.3 Å². The van der Waals surface area contributed by atoms with E-state index >= 15 is 0 Å². The fourth-order valence-corrected chi connectivity index (χ4v) is 5.91. The Kier molecular flexibility index (Phi) is 4.44. The second-order valence-corrected chi connectivity index (χ2v) is 9.20. The number of fused-ring (bicyclic) bond motifs is 4. The predicted molar refractivity (Wildman–Crippen MR) is 118 cm³/mol. The highest BCUT2D eigenvalue weighted by Gasteiger charge is 2.44. The van der Waals surface area contributed by atoms with Crippen LogP contribution >= 0.6 is 0 Å². The molecule has 2 saturated heterocycles. The molecule has 5 heterocycles. The monoisotopic (exact) mass is 434 g/mol. The van der Waals surface area contributed by atoms with Gasteiger partial charge in [0.05, 0.1) is 23.1 Å². The number of nitrogens with zero attached hydrogens (tertiary/aromatic N) is 3. The van der Waals surface area contributed by atoms with Gasteiger partial charge in [-0.15, -0.1) is 0 Å². The molecule has 2 fully saturated rings. The van der Waals surface area contributed by atoms with Crippen LogP contribution in [0, 0.1) is 0 Å². The number of piperidine rings is 1. The molecule has 3 aromatic rings. The van der Waals surface area contributed by atoms with E-state index < -0.39 is 0 Å². The van der Waals surface area contributed by atoms with Gasteiger partial charge in [0.2, 0.25) is 0 Å². The van der Waals surface area contributed by atoms with Crippen LogP contribution in [0.1, 0.15) is 65.1 Å². The molecule has 9 heteroatoms. The van der Waals surface area contributed by atoms with Crippen LogP contribution in [0.2, 0.25) is 0 Å². The lowest BCUT2D eigenvalue weighted by molar-refractivity contribution is 0.0551. The number of carbonyl (C=O) groups is 2. The number of aromatic nitrogens is 4. The number of aromatic amines is 2. The summed E-state index contributed by atoms with van der Waals surface area (Å²) in [6.07, 6.45) is 7.66. The molecule has 3 atom stereocenters. The fraction of sp³-hybridized carbons (Fsp3) is 0.478. The molecule has 1 aromatic carbocycles. The Morgan fingerprint density at radius 1 is 1.12 bits per heavy atom. The van der Waals surface area contributed by atoms with Gasteiger partial charge >= 0.3 is 5.69 Å². The summed E-state index contributed by atoms with van der Waals surface area (Å²) in [6.45, 7) is 0.672. The number of nitrogens with one attached hydrogen (secondary N) is 3. The van der Waals surface area contributed by atoms with Crippen LogP contribution in [0.4, 0.5) is 0 Å². The highest BCUT2D eigenvalue weighted by molar-refractivity contribution is 6.05. The minimum absolute atomic E-state index is 0.00660. The van der Waals surface area contributed by atoms with Crippen molar-refractivity contribution >= 4 is 22.8 Å². The van der Waals surface area contributed by atoms with E-state index in [0.29, 0.717) is 23.3 Å². The van der Waals surface area contributed by atoms with Crippen molar-refractivity contribution in [2.45, 2.75) is 69.6 Å². The molecule has 0 saturated carbocycles. The highest BCUT2D eigenvalue weighted by Crippen LogP contribution is 2.37. The van der Waals surface area contributed by atoms with E-state index in [9.17, 15) is 14.4 Å². The van der Waals surface area contributed by atoms with Gasteiger partial charge in [-0.3, -0.25) is 14.2 Å². The molecule has 166 valence electrons. The molecule has 0 spiro atoms. The van der Waals surface area contributed by atoms with Crippen molar-refractivity contribution in [1.29, 1.82) is 0 Å². The molecular weight excluding hydrogens is 408 g/mol. The first-order valence-electron chi connectivity index (χ1n) is 11.5. The van der Waals surface area contributed by atoms with Gasteiger partial charge in [-0.05, 0) is 57.1 Å². The largest absolute Gasteiger partial charge is 0.348 e. The Morgan fingerprint density at radius 3 is 2.75 bits per heavy atom. The number of carbonyl (C=O) groups excluding carboxylic acids is 2. The number of H-pyrrole nitrogens is 2. The molecule has 32 heavy (non-hydrogen) atoms. The predicted octanol–water partition coefficient (Wildman–Crippen LogP) is 1.95. The lowest BCUT2D eigenvalue weighted by Crippen LogP contribution is -2.52. The molecule has 3 aliphatic heterocycles. The first kappa shape index (κ1) is 19.3. The maximum atomic E-state index is 13.4. The Bertz CT molecular complexity index is 1260. The molecule has 3 N–H and O–H groups in total. The maximum absolute atomic E-state index is 13.4. The van der Waals surface area contributed by atoms with Gasteiger partial charge < -0.3 is 20.2 Å². The van der Waals surface area contributed by atoms with Gasteiger partial charge in [0.1, 0.15) is 11.2 Å². The van der Waals surface area contributed by atoms with Crippen LogP contribution in [0.5, 0.6) is 0 Å². The number of rotatable bonds is 3. The average molecular weight is 435 g/mol. The molecule has 0 aliphatic carbocycles. The van der Waals surface area contributed by atoms with E-state index in [0.717, 1.165) is 56.2 Å². The van der Waals surface area contributed by atoms with Crippen LogP contribution in [-0.2, 0) is 13.0 Å². The fourth-order valence-electron chi connectivity index (χ4n) is 5.91. The van der Waals surface area contributed by atoms with E-state index in [2.05, 4.69) is 20.3 Å². The Hall–Kier alpha value is -3.36. The summed E-state index contributed by atoms with van der Waals surface area (Å²) in [5, 5.41) is 3.15. The smallest absolute Gasteiger partial charge is 0.326 e. The van der Waals surface area contributed by atoms with Gasteiger partial charge in [0.25, 0.3) is 11.8 Å². The minimum Gasteiger partial charge on any atom is -0.348 e. The third kappa shape index (κ3) is 2.98. The van der Waals surface area contributed by atoms with E-state index in [1.807, 2.05) is 23.1 Å². The average Bonchev–Trinajstić information content (AvgIpc) is 3.48. The second kappa shape index (κ2) is 7.36. The number of hydrogen-bond donors (Lipinski definition) is 3. The maximum Gasteiger partial charge on any atom is 0.326 e. The van der Waals surface area contributed by atoms with Crippen molar-refractivity contribution in [3.8, 4) is 0 Å². The van der Waals surface area contributed by atoms with Crippen molar-refractivity contribution < 1.29 is 9.59 Å². The Balaban J connectivity index is 1.19. The zero-order chi connectivity index (χ0) is 21.8. The van der Waals surface area contributed by atoms with Gasteiger partial charge in [0, 0.05) is 24.7 Å². The lowest BCUT2D eigenvalue weighted by atomic mass is 9.95. The van der Waals surface area contributed by atoms with E-state index in [1.165, 1.54) is 0 Å². The Labute approximate surface area is 184 Å². The van der Waals surface area contributed by atoms with E-state index in [-0.39, 0.29) is 35.6 Å². The van der Waals surface area contributed by atoms with Crippen molar-refractivity contribution in [2.75, 3.05) is 0 Å². The van der Waals surface area contributed by atoms with Crippen LogP contribution in [-0.4, -0.2) is 54.4 Å². The first-order valence-corrected chi connectivity index (χ1v) is 11.5. The van der Waals surface area contributed by atoms with E-state index in [1.54, 1.807) is 10.9 Å². The SMILES string of the molecule is O=C(NC1C[C@H]2CC[C@@H](C1)N2C(=O)c1cccc2[nH]cnc12)c1[nH]c(=O)n2c1CCCC2. The number of hydrogen-bond acceptors (Lipinski definition) is 4. The third-order valence-corrected chi connectivity index (χ3v) is 7.35. The summed E-state index contributed by atoms with van der Waals surface area (Å²) >= 11 is 0. The topological polar surface area (TPSA) is 116 Å². The number of para-hydroxylation sites is 1. The molecule has 6 rings (SSSR count). The van der Waals surface area contributed by atoms with Crippen molar-refractivity contribution in [3.63, 3.8) is 0 Å². The van der Waals surface area contributed by atoms with Gasteiger partial charge in [-0.2, -0.15) is 0 Å². The molecule has 0 radical (unpaired) electrons. The molecule has 3 aliphatic rings. The standard InChI is InChI=1S/C23H26N6O3/c30-21(20-18-6-1-2-9-28(18)23(32)27-20)26-13-10-14-7-8-15(11-13)29(14)22(31)16-4-3-5-17-19(16)25-12-24-17/h3-5,12-15H,1-2,6-11H2,(H,24,25)(H,26,30)(H,27,32)/t13?,14-,15+. The molecule has 1 unspecified atom stereocenters. The summed E-state index contributed by atoms with van der Waals surface area (Å²) < 4.78 is 1.69. The van der Waals surface area contributed by atoms with Gasteiger partial charge in [-0.1, -0.05) is 6.07 Å². The van der Waals surface area contributed by atoms with Gasteiger partial charge in [-0.25, -0.2) is 9.78 Å². The second-order valence-electron chi connectivity index (χ2n) is 9.20. The molecule has 2 bridgehead atoms. The van der Waals surface area contributed by atoms with Crippen LogP contribution < -0.4 is 11.0 Å². The number of imidazole rings is 2. The normalized spacial score (nSPS) is 24.5. The van der Waals surface area contributed by atoms with Crippen LogP contribution in [0.25, 0.3) is 11.0 Å². The molecule has 2 amide bonds. The third-order valence-electron chi connectivity index (χ3n) is 7.35.